The molecule has 3 aromatic rings. The van der Waals surface area contributed by atoms with E-state index >= 15 is 0 Å². The standard InChI is InChI=1S/C23H25ClN4O3S/c1-15(22(29)25-18-9-7-17(24)8-10-18)32-23-27-26-21(16-5-11-19(30-2)12-6-16)28(23)14-20-4-3-13-31-20/h5-12,15,20H,3-4,13-14H2,1-2H3,(H,25,29)/t15-,20-/m0/s1. The van der Waals surface area contributed by atoms with E-state index in [1.807, 2.05) is 31.2 Å². The molecule has 2 aromatic carbocycles. The van der Waals surface area contributed by atoms with E-state index in [0.717, 1.165) is 36.6 Å². The van der Waals surface area contributed by atoms with Gasteiger partial charge in [-0.25, -0.2) is 0 Å². The summed E-state index contributed by atoms with van der Waals surface area (Å²) in [4.78, 5) is 12.7. The minimum absolute atomic E-state index is 0.112. The molecule has 0 saturated carbocycles. The van der Waals surface area contributed by atoms with Crippen LogP contribution in [0.4, 0.5) is 5.69 Å². The number of methoxy groups -OCH3 is 1. The van der Waals surface area contributed by atoms with E-state index in [4.69, 9.17) is 21.1 Å². The molecular weight excluding hydrogens is 448 g/mol. The number of benzene rings is 2. The number of nitrogens with one attached hydrogen (secondary N) is 1. The summed E-state index contributed by atoms with van der Waals surface area (Å²) in [5.41, 5.74) is 1.63. The van der Waals surface area contributed by atoms with Crippen LogP contribution in [0.1, 0.15) is 19.8 Å². The Hall–Kier alpha value is -2.55. The molecule has 32 heavy (non-hydrogen) atoms. The maximum atomic E-state index is 12.7. The van der Waals surface area contributed by atoms with Gasteiger partial charge in [0.05, 0.1) is 25.0 Å². The molecule has 2 atom stereocenters. The highest BCUT2D eigenvalue weighted by Crippen LogP contribution is 2.30. The van der Waals surface area contributed by atoms with Gasteiger partial charge in [0.1, 0.15) is 5.75 Å². The highest BCUT2D eigenvalue weighted by atomic mass is 35.5. The van der Waals surface area contributed by atoms with E-state index in [2.05, 4.69) is 20.1 Å². The molecular formula is C23H25ClN4O3S. The number of ether oxygens (including phenoxy) is 2. The van der Waals surface area contributed by atoms with Gasteiger partial charge >= 0.3 is 0 Å². The third kappa shape index (κ3) is 5.43. The van der Waals surface area contributed by atoms with Crippen molar-refractivity contribution in [3.63, 3.8) is 0 Å². The second-order valence-electron chi connectivity index (χ2n) is 7.54. The van der Waals surface area contributed by atoms with Gasteiger partial charge in [-0.2, -0.15) is 0 Å². The molecule has 9 heteroatoms. The highest BCUT2D eigenvalue weighted by Gasteiger charge is 2.24. The first kappa shape index (κ1) is 22.6. The molecule has 1 N–H and O–H groups in total. The smallest absolute Gasteiger partial charge is 0.237 e. The number of halogens is 1. The van der Waals surface area contributed by atoms with Crippen molar-refractivity contribution >= 4 is 35.0 Å². The number of carbonyl (C=O) groups is 1. The molecule has 168 valence electrons. The lowest BCUT2D eigenvalue weighted by Crippen LogP contribution is -2.23. The average molecular weight is 473 g/mol. The summed E-state index contributed by atoms with van der Waals surface area (Å²) in [6.45, 7) is 3.27. The Balaban J connectivity index is 1.54. The third-order valence-electron chi connectivity index (χ3n) is 5.24. The number of aromatic nitrogens is 3. The monoisotopic (exact) mass is 472 g/mol. The van der Waals surface area contributed by atoms with Gasteiger partial charge in [0, 0.05) is 22.9 Å². The molecule has 1 fully saturated rings. The number of rotatable bonds is 8. The topological polar surface area (TPSA) is 78.3 Å². The van der Waals surface area contributed by atoms with E-state index in [-0.39, 0.29) is 17.3 Å². The molecule has 1 aliphatic heterocycles. The molecule has 1 aromatic heterocycles. The zero-order valence-electron chi connectivity index (χ0n) is 18.0. The van der Waals surface area contributed by atoms with Crippen molar-refractivity contribution in [1.29, 1.82) is 0 Å². The van der Waals surface area contributed by atoms with Gasteiger partial charge in [0.15, 0.2) is 11.0 Å². The van der Waals surface area contributed by atoms with Crippen LogP contribution in [0.2, 0.25) is 5.02 Å². The highest BCUT2D eigenvalue weighted by molar-refractivity contribution is 8.00. The van der Waals surface area contributed by atoms with Crippen molar-refractivity contribution in [2.75, 3.05) is 19.0 Å². The van der Waals surface area contributed by atoms with Crippen LogP contribution in [-0.2, 0) is 16.1 Å². The lowest BCUT2D eigenvalue weighted by atomic mass is 10.2. The minimum atomic E-state index is -0.373. The number of nitrogens with zero attached hydrogens (tertiary/aromatic N) is 3. The number of carbonyl (C=O) groups excluding carboxylic acids is 1. The first-order valence-electron chi connectivity index (χ1n) is 10.5. The van der Waals surface area contributed by atoms with Gasteiger partial charge in [-0.15, -0.1) is 10.2 Å². The Morgan fingerprint density at radius 2 is 2.00 bits per heavy atom. The maximum absolute atomic E-state index is 12.7. The largest absolute Gasteiger partial charge is 0.497 e. The van der Waals surface area contributed by atoms with E-state index in [9.17, 15) is 4.79 Å². The van der Waals surface area contributed by atoms with Crippen LogP contribution < -0.4 is 10.1 Å². The van der Waals surface area contributed by atoms with E-state index in [1.54, 1.807) is 31.4 Å². The summed E-state index contributed by atoms with van der Waals surface area (Å²) in [5.74, 6) is 1.41. The fourth-order valence-electron chi connectivity index (χ4n) is 3.47. The van der Waals surface area contributed by atoms with Crippen LogP contribution in [-0.4, -0.2) is 45.7 Å². The Morgan fingerprint density at radius 1 is 1.25 bits per heavy atom. The molecule has 1 aliphatic rings. The van der Waals surface area contributed by atoms with Crippen LogP contribution in [0, 0.1) is 0 Å². The Morgan fingerprint density at radius 3 is 2.66 bits per heavy atom. The molecule has 0 bridgehead atoms. The number of anilines is 1. The summed E-state index contributed by atoms with van der Waals surface area (Å²) in [5, 5.41) is 12.7. The van der Waals surface area contributed by atoms with E-state index in [1.165, 1.54) is 11.8 Å². The van der Waals surface area contributed by atoms with Gasteiger partial charge in [-0.3, -0.25) is 9.36 Å². The fraction of sp³-hybridized carbons (Fsp3) is 0.348. The van der Waals surface area contributed by atoms with Gasteiger partial charge in [0.2, 0.25) is 5.91 Å². The first-order valence-corrected chi connectivity index (χ1v) is 11.7. The summed E-state index contributed by atoms with van der Waals surface area (Å²) < 4.78 is 13.2. The van der Waals surface area contributed by atoms with E-state index < -0.39 is 0 Å². The molecule has 1 amide bonds. The van der Waals surface area contributed by atoms with Crippen molar-refractivity contribution in [3.05, 3.63) is 53.6 Å². The van der Waals surface area contributed by atoms with Gasteiger partial charge in [0.25, 0.3) is 0 Å². The van der Waals surface area contributed by atoms with Crippen LogP contribution in [0.5, 0.6) is 5.75 Å². The lowest BCUT2D eigenvalue weighted by Gasteiger charge is -2.16. The summed E-state index contributed by atoms with van der Waals surface area (Å²) in [7, 11) is 1.64. The first-order chi connectivity index (χ1) is 15.5. The Bertz CT molecular complexity index is 1050. The van der Waals surface area contributed by atoms with Crippen molar-refractivity contribution in [1.82, 2.24) is 14.8 Å². The van der Waals surface area contributed by atoms with Crippen molar-refractivity contribution in [2.24, 2.45) is 0 Å². The van der Waals surface area contributed by atoms with Crippen molar-refractivity contribution in [3.8, 4) is 17.1 Å². The van der Waals surface area contributed by atoms with Crippen LogP contribution >= 0.6 is 23.4 Å². The van der Waals surface area contributed by atoms with Gasteiger partial charge in [-0.05, 0) is 68.3 Å². The predicted molar refractivity (Wildman–Crippen MR) is 126 cm³/mol. The molecule has 0 aliphatic carbocycles. The third-order valence-corrected chi connectivity index (χ3v) is 6.57. The van der Waals surface area contributed by atoms with Gasteiger partial charge in [-0.1, -0.05) is 23.4 Å². The van der Waals surface area contributed by atoms with Crippen LogP contribution in [0.25, 0.3) is 11.4 Å². The summed E-state index contributed by atoms with van der Waals surface area (Å²) >= 11 is 7.30. The van der Waals surface area contributed by atoms with Crippen molar-refractivity contribution in [2.45, 2.75) is 42.8 Å². The molecule has 0 radical (unpaired) electrons. The minimum Gasteiger partial charge on any atom is -0.497 e. The normalized spacial score (nSPS) is 16.7. The second-order valence-corrected chi connectivity index (χ2v) is 9.28. The number of amides is 1. The summed E-state index contributed by atoms with van der Waals surface area (Å²) in [6, 6.07) is 14.8. The number of hydrogen-bond acceptors (Lipinski definition) is 6. The molecule has 4 rings (SSSR count). The quantitative estimate of drug-likeness (QED) is 0.469. The predicted octanol–water partition coefficient (Wildman–Crippen LogP) is 4.91. The van der Waals surface area contributed by atoms with Crippen molar-refractivity contribution < 1.29 is 14.3 Å². The van der Waals surface area contributed by atoms with E-state index in [0.29, 0.717) is 22.4 Å². The van der Waals surface area contributed by atoms with Crippen LogP contribution in [0.3, 0.4) is 0 Å². The Labute approximate surface area is 196 Å². The number of thioether (sulfide) groups is 1. The Kier molecular flexibility index (Phi) is 7.34. The maximum Gasteiger partial charge on any atom is 0.237 e. The summed E-state index contributed by atoms with van der Waals surface area (Å²) in [6.07, 6.45) is 2.16. The number of hydrogen-bond donors (Lipinski definition) is 1. The van der Waals surface area contributed by atoms with Crippen LogP contribution in [0.15, 0.2) is 53.7 Å². The zero-order chi connectivity index (χ0) is 22.5. The SMILES string of the molecule is COc1ccc(-c2nnc(S[C@@H](C)C(=O)Nc3ccc(Cl)cc3)n2C[C@@H]2CCCO2)cc1. The lowest BCUT2D eigenvalue weighted by molar-refractivity contribution is -0.115. The van der Waals surface area contributed by atoms with Gasteiger partial charge < -0.3 is 14.8 Å². The molecule has 2 heterocycles. The molecule has 0 spiro atoms. The second kappa shape index (κ2) is 10.4. The molecule has 1 saturated heterocycles. The molecule has 7 nitrogen and oxygen atoms in total. The fourth-order valence-corrected chi connectivity index (χ4v) is 4.46. The molecule has 0 unspecified atom stereocenters. The average Bonchev–Trinajstić information content (AvgIpc) is 3.46. The zero-order valence-corrected chi connectivity index (χ0v) is 19.5.